The summed E-state index contributed by atoms with van der Waals surface area (Å²) in [5.74, 6) is 0.0817. The highest BCUT2D eigenvalue weighted by Crippen LogP contribution is 2.32. The van der Waals surface area contributed by atoms with E-state index >= 15 is 0 Å². The standard InChI is InChI=1S/C11H15N5O5/c1-20-7-4(2-17)21-10(6(7)18)16-3-13-5-8(12)14-11(19)15-9(5)16/h3-4,6-7,10,17-18H,2H2,1H3,(H3,12,14,15,19)/t4-,6+,7?,10-/m1/s1. The molecule has 0 radical (unpaired) electrons. The molecule has 0 bridgehead atoms. The third kappa shape index (κ3) is 2.08. The Balaban J connectivity index is 2.07. The van der Waals surface area contributed by atoms with Gasteiger partial charge in [-0.25, -0.2) is 9.78 Å². The Morgan fingerprint density at radius 2 is 2.38 bits per heavy atom. The first kappa shape index (κ1) is 13.9. The van der Waals surface area contributed by atoms with Gasteiger partial charge in [0.25, 0.3) is 0 Å². The van der Waals surface area contributed by atoms with Crippen molar-refractivity contribution in [2.24, 2.45) is 0 Å². The maximum absolute atomic E-state index is 11.4. The van der Waals surface area contributed by atoms with E-state index in [1.807, 2.05) is 0 Å². The van der Waals surface area contributed by atoms with Gasteiger partial charge in [0.15, 0.2) is 11.9 Å². The van der Waals surface area contributed by atoms with Gasteiger partial charge in [0.05, 0.1) is 12.9 Å². The molecule has 0 amide bonds. The fourth-order valence-electron chi connectivity index (χ4n) is 2.53. The van der Waals surface area contributed by atoms with E-state index in [0.717, 1.165) is 0 Å². The Hall–Kier alpha value is -2.01. The molecule has 0 spiro atoms. The fourth-order valence-corrected chi connectivity index (χ4v) is 2.53. The molecule has 1 saturated heterocycles. The Labute approximate surface area is 118 Å². The first-order valence-electron chi connectivity index (χ1n) is 6.26. The summed E-state index contributed by atoms with van der Waals surface area (Å²) in [4.78, 5) is 21.6. The van der Waals surface area contributed by atoms with E-state index in [9.17, 15) is 15.0 Å². The zero-order valence-corrected chi connectivity index (χ0v) is 11.1. The Bertz CT molecular complexity index is 713. The van der Waals surface area contributed by atoms with Crippen molar-refractivity contribution in [2.45, 2.75) is 24.5 Å². The molecule has 10 heteroatoms. The molecule has 1 aliphatic heterocycles. The molecule has 1 unspecified atom stereocenters. The fraction of sp³-hybridized carbons (Fsp3) is 0.545. The topological polar surface area (TPSA) is 149 Å². The summed E-state index contributed by atoms with van der Waals surface area (Å²) in [6.45, 7) is -0.311. The SMILES string of the molecule is COC1[C@@H](CO)O[C@@H](n2cnc3c(N)[nH]c(=O)nc32)[C@H]1O. The molecule has 5 N–H and O–H groups in total. The smallest absolute Gasteiger partial charge is 0.348 e. The number of nitrogens with zero attached hydrogens (tertiary/aromatic N) is 3. The summed E-state index contributed by atoms with van der Waals surface area (Å²) in [6.07, 6.45) is -1.96. The molecule has 0 saturated carbocycles. The van der Waals surface area contributed by atoms with Gasteiger partial charge >= 0.3 is 5.69 Å². The van der Waals surface area contributed by atoms with Crippen molar-refractivity contribution in [2.75, 3.05) is 19.5 Å². The van der Waals surface area contributed by atoms with Gasteiger partial charge < -0.3 is 25.4 Å². The average Bonchev–Trinajstić information content (AvgIpc) is 2.99. The maximum Gasteiger partial charge on any atom is 0.348 e. The highest BCUT2D eigenvalue weighted by atomic mass is 16.6. The molecule has 10 nitrogen and oxygen atoms in total. The predicted octanol–water partition coefficient (Wildman–Crippen LogP) is -2.03. The van der Waals surface area contributed by atoms with E-state index in [1.165, 1.54) is 18.0 Å². The number of aliphatic hydroxyl groups is 2. The number of rotatable bonds is 3. The largest absolute Gasteiger partial charge is 0.394 e. The summed E-state index contributed by atoms with van der Waals surface area (Å²) in [6, 6.07) is 0. The number of fused-ring (bicyclic) bond motifs is 1. The van der Waals surface area contributed by atoms with Crippen molar-refractivity contribution in [1.82, 2.24) is 19.5 Å². The number of nitrogens with two attached hydrogens (primary N) is 1. The molecule has 1 fully saturated rings. The highest BCUT2D eigenvalue weighted by Gasteiger charge is 2.45. The molecular formula is C11H15N5O5. The maximum atomic E-state index is 11.4. The van der Waals surface area contributed by atoms with E-state index in [1.54, 1.807) is 0 Å². The molecule has 0 aliphatic carbocycles. The molecule has 21 heavy (non-hydrogen) atoms. The zero-order valence-electron chi connectivity index (χ0n) is 11.1. The van der Waals surface area contributed by atoms with Gasteiger partial charge in [-0.2, -0.15) is 4.98 Å². The summed E-state index contributed by atoms with van der Waals surface area (Å²) in [7, 11) is 1.41. The second kappa shape index (κ2) is 5.07. The Morgan fingerprint density at radius 1 is 1.62 bits per heavy atom. The molecule has 3 rings (SSSR count). The van der Waals surface area contributed by atoms with E-state index in [0.29, 0.717) is 5.52 Å². The van der Waals surface area contributed by atoms with Crippen LogP contribution in [-0.4, -0.2) is 61.8 Å². The lowest BCUT2D eigenvalue weighted by atomic mass is 10.1. The van der Waals surface area contributed by atoms with Crippen LogP contribution in [0.4, 0.5) is 5.82 Å². The minimum absolute atomic E-state index is 0.0817. The van der Waals surface area contributed by atoms with Gasteiger partial charge in [-0.05, 0) is 0 Å². The summed E-state index contributed by atoms with van der Waals surface area (Å²) < 4.78 is 12.1. The van der Waals surface area contributed by atoms with Gasteiger partial charge in [-0.15, -0.1) is 0 Å². The number of aliphatic hydroxyl groups excluding tert-OH is 2. The first-order chi connectivity index (χ1) is 10.1. The number of aromatic nitrogens is 4. The van der Waals surface area contributed by atoms with Gasteiger partial charge in [0.2, 0.25) is 0 Å². The van der Waals surface area contributed by atoms with E-state index in [4.69, 9.17) is 15.2 Å². The first-order valence-corrected chi connectivity index (χ1v) is 6.26. The number of hydrogen-bond acceptors (Lipinski definition) is 8. The van der Waals surface area contributed by atoms with Gasteiger partial charge in [-0.1, -0.05) is 0 Å². The van der Waals surface area contributed by atoms with Crippen molar-refractivity contribution in [3.63, 3.8) is 0 Å². The third-order valence-electron chi connectivity index (χ3n) is 3.51. The minimum atomic E-state index is -1.05. The molecule has 114 valence electrons. The third-order valence-corrected chi connectivity index (χ3v) is 3.51. The molecule has 2 aromatic heterocycles. The van der Waals surface area contributed by atoms with Crippen molar-refractivity contribution in [1.29, 1.82) is 0 Å². The summed E-state index contributed by atoms with van der Waals surface area (Å²) >= 11 is 0. The number of nitrogens with one attached hydrogen (secondary N) is 1. The van der Waals surface area contributed by atoms with Crippen LogP contribution >= 0.6 is 0 Å². The van der Waals surface area contributed by atoms with Crippen LogP contribution in [0.2, 0.25) is 0 Å². The molecule has 4 atom stereocenters. The zero-order chi connectivity index (χ0) is 15.1. The highest BCUT2D eigenvalue weighted by molar-refractivity contribution is 5.81. The summed E-state index contributed by atoms with van der Waals surface area (Å²) in [5, 5.41) is 19.5. The van der Waals surface area contributed by atoms with Crippen LogP contribution in [-0.2, 0) is 9.47 Å². The van der Waals surface area contributed by atoms with E-state index < -0.39 is 30.2 Å². The van der Waals surface area contributed by atoms with Crippen molar-refractivity contribution in [3.8, 4) is 0 Å². The van der Waals surface area contributed by atoms with Crippen molar-refractivity contribution < 1.29 is 19.7 Å². The lowest BCUT2D eigenvalue weighted by Gasteiger charge is -2.17. The Kier molecular flexibility index (Phi) is 3.37. The van der Waals surface area contributed by atoms with Crippen LogP contribution in [0.15, 0.2) is 11.1 Å². The monoisotopic (exact) mass is 297 g/mol. The quantitative estimate of drug-likeness (QED) is 0.506. The molecule has 3 heterocycles. The summed E-state index contributed by atoms with van der Waals surface area (Å²) in [5.41, 5.74) is 5.53. The van der Waals surface area contributed by atoms with Gasteiger partial charge in [-0.3, -0.25) is 9.55 Å². The van der Waals surface area contributed by atoms with E-state index in [2.05, 4.69) is 15.0 Å². The van der Waals surface area contributed by atoms with Crippen LogP contribution in [0.3, 0.4) is 0 Å². The van der Waals surface area contributed by atoms with Crippen LogP contribution < -0.4 is 11.4 Å². The second-order valence-electron chi connectivity index (χ2n) is 4.72. The van der Waals surface area contributed by atoms with Gasteiger partial charge in [0, 0.05) is 7.11 Å². The normalized spacial score (nSPS) is 29.3. The van der Waals surface area contributed by atoms with E-state index in [-0.39, 0.29) is 18.1 Å². The van der Waals surface area contributed by atoms with Crippen LogP contribution in [0.1, 0.15) is 6.23 Å². The number of anilines is 1. The number of imidazole rings is 1. The number of ether oxygens (including phenoxy) is 2. The predicted molar refractivity (Wildman–Crippen MR) is 70.4 cm³/mol. The molecule has 2 aromatic rings. The number of nitrogen functional groups attached to an aromatic ring is 1. The molecule has 0 aromatic carbocycles. The van der Waals surface area contributed by atoms with Crippen LogP contribution in [0, 0.1) is 0 Å². The lowest BCUT2D eigenvalue weighted by molar-refractivity contribution is -0.0536. The van der Waals surface area contributed by atoms with Crippen LogP contribution in [0.25, 0.3) is 11.2 Å². The number of methoxy groups -OCH3 is 1. The van der Waals surface area contributed by atoms with Gasteiger partial charge in [0.1, 0.15) is 29.6 Å². The lowest BCUT2D eigenvalue weighted by Crippen LogP contribution is -2.35. The minimum Gasteiger partial charge on any atom is -0.394 e. The average molecular weight is 297 g/mol. The number of hydrogen-bond donors (Lipinski definition) is 4. The van der Waals surface area contributed by atoms with Crippen molar-refractivity contribution in [3.05, 3.63) is 16.8 Å². The molecule has 1 aliphatic rings. The number of aromatic amines is 1. The number of H-pyrrole nitrogens is 1. The van der Waals surface area contributed by atoms with Crippen molar-refractivity contribution >= 4 is 17.0 Å². The molecular weight excluding hydrogens is 282 g/mol. The second-order valence-corrected chi connectivity index (χ2v) is 4.72. The Morgan fingerprint density at radius 3 is 3.00 bits per heavy atom. The van der Waals surface area contributed by atoms with Crippen LogP contribution in [0.5, 0.6) is 0 Å².